The highest BCUT2D eigenvalue weighted by Crippen LogP contribution is 2.22. The van der Waals surface area contributed by atoms with Gasteiger partial charge in [-0.2, -0.15) is 0 Å². The summed E-state index contributed by atoms with van der Waals surface area (Å²) in [6.45, 7) is 7.45. The standard InChI is InChI=1S/C14H21N3S/c1-10(2)14(15-4)12-5-6-17(8-12)9-13-7-16-11(3)18-13/h5-8,10,14-15H,9H2,1-4H3. The Hall–Kier alpha value is -1.13. The van der Waals surface area contributed by atoms with E-state index in [2.05, 4.69) is 47.2 Å². The van der Waals surface area contributed by atoms with Gasteiger partial charge in [0.25, 0.3) is 0 Å². The summed E-state index contributed by atoms with van der Waals surface area (Å²) in [7, 11) is 2.02. The number of thiazole rings is 1. The predicted octanol–water partition coefficient (Wildman–Crippen LogP) is 3.22. The van der Waals surface area contributed by atoms with E-state index in [1.165, 1.54) is 10.4 Å². The Balaban J connectivity index is 2.10. The van der Waals surface area contributed by atoms with Crippen molar-refractivity contribution in [3.63, 3.8) is 0 Å². The first kappa shape index (κ1) is 13.3. The number of aromatic nitrogens is 2. The van der Waals surface area contributed by atoms with E-state index in [4.69, 9.17) is 0 Å². The van der Waals surface area contributed by atoms with Crippen LogP contribution in [0.15, 0.2) is 24.7 Å². The third-order valence-corrected chi connectivity index (χ3v) is 4.02. The summed E-state index contributed by atoms with van der Waals surface area (Å²) >= 11 is 1.76. The molecule has 3 nitrogen and oxygen atoms in total. The van der Waals surface area contributed by atoms with E-state index in [0.29, 0.717) is 12.0 Å². The van der Waals surface area contributed by atoms with Crippen LogP contribution >= 0.6 is 11.3 Å². The molecule has 2 aromatic rings. The molecule has 0 radical (unpaired) electrons. The average Bonchev–Trinajstić information content (AvgIpc) is 2.90. The lowest BCUT2D eigenvalue weighted by Gasteiger charge is -2.18. The van der Waals surface area contributed by atoms with Crippen LogP contribution in [0.1, 0.15) is 35.3 Å². The van der Waals surface area contributed by atoms with E-state index < -0.39 is 0 Å². The van der Waals surface area contributed by atoms with Crippen molar-refractivity contribution in [3.05, 3.63) is 40.1 Å². The molecule has 0 aliphatic carbocycles. The Morgan fingerprint density at radius 2 is 2.22 bits per heavy atom. The molecule has 0 saturated heterocycles. The number of hydrogen-bond acceptors (Lipinski definition) is 3. The van der Waals surface area contributed by atoms with Crippen LogP contribution in [-0.2, 0) is 6.54 Å². The molecule has 1 atom stereocenters. The molecule has 0 fully saturated rings. The van der Waals surface area contributed by atoms with Gasteiger partial charge in [-0.05, 0) is 31.5 Å². The molecular formula is C14H21N3S. The van der Waals surface area contributed by atoms with Crippen LogP contribution in [0.25, 0.3) is 0 Å². The summed E-state index contributed by atoms with van der Waals surface area (Å²) < 4.78 is 2.23. The average molecular weight is 263 g/mol. The van der Waals surface area contributed by atoms with E-state index in [1.807, 2.05) is 20.2 Å². The second-order valence-corrected chi connectivity index (χ2v) is 6.29. The molecule has 18 heavy (non-hydrogen) atoms. The minimum atomic E-state index is 0.425. The van der Waals surface area contributed by atoms with Gasteiger partial charge in [-0.3, -0.25) is 0 Å². The molecule has 2 heterocycles. The molecule has 1 unspecified atom stereocenters. The van der Waals surface area contributed by atoms with E-state index in [1.54, 1.807) is 11.3 Å². The number of nitrogens with zero attached hydrogens (tertiary/aromatic N) is 2. The minimum Gasteiger partial charge on any atom is -0.349 e. The van der Waals surface area contributed by atoms with Crippen molar-refractivity contribution in [1.82, 2.24) is 14.9 Å². The molecule has 2 rings (SSSR count). The summed E-state index contributed by atoms with van der Waals surface area (Å²) in [6.07, 6.45) is 6.35. The van der Waals surface area contributed by atoms with Gasteiger partial charge in [0, 0.05) is 29.5 Å². The van der Waals surface area contributed by atoms with Gasteiger partial charge in [-0.15, -0.1) is 11.3 Å². The highest BCUT2D eigenvalue weighted by atomic mass is 32.1. The van der Waals surface area contributed by atoms with Crippen LogP contribution in [-0.4, -0.2) is 16.6 Å². The fourth-order valence-electron chi connectivity index (χ4n) is 2.28. The molecule has 0 aliphatic rings. The molecule has 4 heteroatoms. The summed E-state index contributed by atoms with van der Waals surface area (Å²) in [5, 5.41) is 4.51. The summed E-state index contributed by atoms with van der Waals surface area (Å²) in [5.74, 6) is 0.594. The van der Waals surface area contributed by atoms with Gasteiger partial charge in [0.1, 0.15) is 0 Å². The zero-order valence-corrected chi connectivity index (χ0v) is 12.3. The third kappa shape index (κ3) is 3.00. The van der Waals surface area contributed by atoms with Crippen molar-refractivity contribution in [2.75, 3.05) is 7.05 Å². The van der Waals surface area contributed by atoms with Crippen molar-refractivity contribution in [1.29, 1.82) is 0 Å². The Morgan fingerprint density at radius 3 is 2.78 bits per heavy atom. The normalized spacial score (nSPS) is 13.2. The third-order valence-electron chi connectivity index (χ3n) is 3.12. The first-order valence-corrected chi connectivity index (χ1v) is 7.16. The van der Waals surface area contributed by atoms with Crippen molar-refractivity contribution >= 4 is 11.3 Å². The van der Waals surface area contributed by atoms with Crippen LogP contribution < -0.4 is 5.32 Å². The van der Waals surface area contributed by atoms with Crippen molar-refractivity contribution < 1.29 is 0 Å². The lowest BCUT2D eigenvalue weighted by Crippen LogP contribution is -2.21. The predicted molar refractivity (Wildman–Crippen MR) is 77.0 cm³/mol. The van der Waals surface area contributed by atoms with Crippen LogP contribution in [0.4, 0.5) is 0 Å². The first-order valence-electron chi connectivity index (χ1n) is 6.34. The second kappa shape index (κ2) is 5.67. The highest BCUT2D eigenvalue weighted by Gasteiger charge is 2.14. The maximum Gasteiger partial charge on any atom is 0.0897 e. The molecule has 0 saturated carbocycles. The fraction of sp³-hybridized carbons (Fsp3) is 0.500. The van der Waals surface area contributed by atoms with E-state index in [0.717, 1.165) is 11.6 Å². The van der Waals surface area contributed by atoms with Gasteiger partial charge in [0.2, 0.25) is 0 Å². The maximum absolute atomic E-state index is 4.29. The van der Waals surface area contributed by atoms with Gasteiger partial charge < -0.3 is 9.88 Å². The Labute approximate surface area is 113 Å². The largest absolute Gasteiger partial charge is 0.349 e. The molecule has 0 spiro atoms. The van der Waals surface area contributed by atoms with Crippen molar-refractivity contribution in [3.8, 4) is 0 Å². The molecule has 2 aromatic heterocycles. The number of hydrogen-bond donors (Lipinski definition) is 1. The van der Waals surface area contributed by atoms with E-state index in [9.17, 15) is 0 Å². The summed E-state index contributed by atoms with van der Waals surface area (Å²) in [4.78, 5) is 5.60. The molecule has 98 valence electrons. The number of nitrogens with one attached hydrogen (secondary N) is 1. The highest BCUT2D eigenvalue weighted by molar-refractivity contribution is 7.11. The molecule has 0 bridgehead atoms. The Kier molecular flexibility index (Phi) is 4.19. The van der Waals surface area contributed by atoms with Gasteiger partial charge in [0.05, 0.1) is 11.6 Å². The van der Waals surface area contributed by atoms with Gasteiger partial charge >= 0.3 is 0 Å². The topological polar surface area (TPSA) is 29.9 Å². The van der Waals surface area contributed by atoms with Crippen LogP contribution in [0.5, 0.6) is 0 Å². The molecule has 0 amide bonds. The minimum absolute atomic E-state index is 0.425. The summed E-state index contributed by atoms with van der Waals surface area (Å²) in [5.41, 5.74) is 1.36. The number of rotatable bonds is 5. The van der Waals surface area contributed by atoms with Crippen LogP contribution in [0.3, 0.4) is 0 Å². The van der Waals surface area contributed by atoms with Crippen molar-refractivity contribution in [2.45, 2.75) is 33.4 Å². The second-order valence-electron chi connectivity index (χ2n) is 4.97. The molecular weight excluding hydrogens is 242 g/mol. The zero-order valence-electron chi connectivity index (χ0n) is 11.5. The zero-order chi connectivity index (χ0) is 13.1. The lowest BCUT2D eigenvalue weighted by atomic mass is 9.99. The van der Waals surface area contributed by atoms with E-state index in [-0.39, 0.29) is 0 Å². The number of aryl methyl sites for hydroxylation is 1. The van der Waals surface area contributed by atoms with Crippen molar-refractivity contribution in [2.24, 2.45) is 5.92 Å². The van der Waals surface area contributed by atoms with Gasteiger partial charge in [-0.25, -0.2) is 4.98 Å². The Bertz CT molecular complexity index is 499. The molecule has 0 aromatic carbocycles. The fourth-order valence-corrected chi connectivity index (χ4v) is 3.09. The van der Waals surface area contributed by atoms with Gasteiger partial charge in [-0.1, -0.05) is 13.8 Å². The van der Waals surface area contributed by atoms with Crippen LogP contribution in [0, 0.1) is 12.8 Å². The SMILES string of the molecule is CNC(c1ccn(Cc2cnc(C)s2)c1)C(C)C. The summed E-state index contributed by atoms with van der Waals surface area (Å²) in [6, 6.07) is 2.63. The lowest BCUT2D eigenvalue weighted by molar-refractivity contribution is 0.443. The molecule has 1 N–H and O–H groups in total. The smallest absolute Gasteiger partial charge is 0.0897 e. The quantitative estimate of drug-likeness (QED) is 0.897. The molecule has 0 aliphatic heterocycles. The monoisotopic (exact) mass is 263 g/mol. The Morgan fingerprint density at radius 1 is 1.44 bits per heavy atom. The van der Waals surface area contributed by atoms with Crippen LogP contribution in [0.2, 0.25) is 0 Å². The first-order chi connectivity index (χ1) is 8.60. The maximum atomic E-state index is 4.29. The van der Waals surface area contributed by atoms with E-state index >= 15 is 0 Å². The van der Waals surface area contributed by atoms with Gasteiger partial charge in [0.15, 0.2) is 0 Å².